The van der Waals surface area contributed by atoms with Gasteiger partial charge in [-0.15, -0.1) is 0 Å². The first-order valence-electron chi connectivity index (χ1n) is 5.32. The van der Waals surface area contributed by atoms with Crippen molar-refractivity contribution in [1.29, 1.82) is 0 Å². The largest absolute Gasteiger partial charge is 0.383 e. The molecule has 94 valence electrons. The first-order valence-corrected chi connectivity index (χ1v) is 5.69. The first-order chi connectivity index (χ1) is 8.43. The Balaban J connectivity index is 2.61. The van der Waals surface area contributed by atoms with Crippen LogP contribution in [0.3, 0.4) is 0 Å². The molecule has 1 heterocycles. The summed E-state index contributed by atoms with van der Waals surface area (Å²) in [6, 6.07) is 7.44. The Hall–Kier alpha value is -1.65. The molecule has 0 radical (unpaired) electrons. The lowest BCUT2D eigenvalue weighted by molar-refractivity contribution is 0.0984. The Morgan fingerprint density at radius 1 is 1.33 bits per heavy atom. The fourth-order valence-electron chi connectivity index (χ4n) is 1.84. The summed E-state index contributed by atoms with van der Waals surface area (Å²) < 4.78 is 13.7. The predicted molar refractivity (Wildman–Crippen MR) is 68.7 cm³/mol. The van der Waals surface area contributed by atoms with Crippen LogP contribution in [0.2, 0.25) is 5.02 Å². The molecule has 0 aliphatic carbocycles. The summed E-state index contributed by atoms with van der Waals surface area (Å²) in [5.74, 6) is -0.394. The SMILES string of the molecule is CC(O)(c1ccccc1F)c1cc(Cl)cnc1N. The zero-order valence-corrected chi connectivity index (χ0v) is 10.4. The van der Waals surface area contributed by atoms with E-state index in [0.717, 1.165) is 0 Å². The topological polar surface area (TPSA) is 59.1 Å². The molecule has 3 N–H and O–H groups in total. The van der Waals surface area contributed by atoms with Gasteiger partial charge in [-0.25, -0.2) is 9.37 Å². The molecule has 0 saturated carbocycles. The minimum absolute atomic E-state index is 0.118. The van der Waals surface area contributed by atoms with Crippen LogP contribution in [0.1, 0.15) is 18.1 Å². The number of benzene rings is 1. The van der Waals surface area contributed by atoms with Gasteiger partial charge in [-0.1, -0.05) is 29.8 Å². The van der Waals surface area contributed by atoms with Crippen LogP contribution in [0.25, 0.3) is 0 Å². The van der Waals surface area contributed by atoms with E-state index in [1.165, 1.54) is 31.3 Å². The Morgan fingerprint density at radius 2 is 2.00 bits per heavy atom. The van der Waals surface area contributed by atoms with Crippen LogP contribution in [0, 0.1) is 5.82 Å². The average molecular weight is 267 g/mol. The highest BCUT2D eigenvalue weighted by molar-refractivity contribution is 6.30. The van der Waals surface area contributed by atoms with E-state index in [1.807, 2.05) is 0 Å². The maximum atomic E-state index is 13.7. The monoisotopic (exact) mass is 266 g/mol. The van der Waals surface area contributed by atoms with E-state index in [2.05, 4.69) is 4.98 Å². The number of hydrogen-bond acceptors (Lipinski definition) is 3. The van der Waals surface area contributed by atoms with Crippen molar-refractivity contribution in [2.45, 2.75) is 12.5 Å². The normalized spacial score (nSPS) is 14.2. The molecule has 2 aromatic rings. The smallest absolute Gasteiger partial charge is 0.129 e. The van der Waals surface area contributed by atoms with E-state index in [-0.39, 0.29) is 16.9 Å². The van der Waals surface area contributed by atoms with Crippen LogP contribution in [0.4, 0.5) is 10.2 Å². The summed E-state index contributed by atoms with van der Waals surface area (Å²) in [5, 5.41) is 10.9. The molecule has 0 aliphatic rings. The highest BCUT2D eigenvalue weighted by Gasteiger charge is 2.31. The molecule has 1 atom stereocenters. The third kappa shape index (κ3) is 2.17. The number of halogens is 2. The van der Waals surface area contributed by atoms with Crippen LogP contribution >= 0.6 is 11.6 Å². The fourth-order valence-corrected chi connectivity index (χ4v) is 2.00. The third-order valence-electron chi connectivity index (χ3n) is 2.81. The molecule has 18 heavy (non-hydrogen) atoms. The third-order valence-corrected chi connectivity index (χ3v) is 3.01. The van der Waals surface area contributed by atoms with Gasteiger partial charge in [-0.2, -0.15) is 0 Å². The zero-order valence-electron chi connectivity index (χ0n) is 9.69. The van der Waals surface area contributed by atoms with Crippen molar-refractivity contribution < 1.29 is 9.50 Å². The number of hydrogen-bond donors (Lipinski definition) is 2. The van der Waals surface area contributed by atoms with Crippen molar-refractivity contribution in [3.63, 3.8) is 0 Å². The highest BCUT2D eigenvalue weighted by atomic mass is 35.5. The maximum absolute atomic E-state index is 13.7. The van der Waals surface area contributed by atoms with Gasteiger partial charge in [0, 0.05) is 17.3 Å². The maximum Gasteiger partial charge on any atom is 0.129 e. The highest BCUT2D eigenvalue weighted by Crippen LogP contribution is 2.34. The lowest BCUT2D eigenvalue weighted by Gasteiger charge is -2.25. The predicted octanol–water partition coefficient (Wildman–Crippen LogP) is 2.71. The van der Waals surface area contributed by atoms with Gasteiger partial charge >= 0.3 is 0 Å². The average Bonchev–Trinajstić information content (AvgIpc) is 2.32. The molecular weight excluding hydrogens is 255 g/mol. The summed E-state index contributed by atoms with van der Waals surface area (Å²) >= 11 is 5.83. The van der Waals surface area contributed by atoms with E-state index in [1.54, 1.807) is 12.1 Å². The van der Waals surface area contributed by atoms with Crippen molar-refractivity contribution in [3.05, 3.63) is 58.5 Å². The van der Waals surface area contributed by atoms with Gasteiger partial charge < -0.3 is 10.8 Å². The molecule has 5 heteroatoms. The fraction of sp³-hybridized carbons (Fsp3) is 0.154. The number of aliphatic hydroxyl groups is 1. The molecular formula is C13H12ClFN2O. The lowest BCUT2D eigenvalue weighted by Crippen LogP contribution is -2.26. The van der Waals surface area contributed by atoms with E-state index in [4.69, 9.17) is 17.3 Å². The van der Waals surface area contributed by atoms with E-state index < -0.39 is 11.4 Å². The Morgan fingerprint density at radius 3 is 2.67 bits per heavy atom. The van der Waals surface area contributed by atoms with Gasteiger partial charge in [-0.3, -0.25) is 0 Å². The van der Waals surface area contributed by atoms with Gasteiger partial charge in [0.1, 0.15) is 17.2 Å². The van der Waals surface area contributed by atoms with E-state index in [0.29, 0.717) is 5.02 Å². The zero-order chi connectivity index (χ0) is 13.3. The molecule has 0 spiro atoms. The summed E-state index contributed by atoms with van der Waals surface area (Å²) in [6.45, 7) is 1.45. The molecule has 0 aliphatic heterocycles. The van der Waals surface area contributed by atoms with Crippen LogP contribution < -0.4 is 5.73 Å². The Labute approximate surface area is 109 Å². The standard InChI is InChI=1S/C13H12ClFN2O/c1-13(18,9-4-2-3-5-11(9)15)10-6-8(14)7-17-12(10)16/h2-7,18H,1H3,(H2,16,17). The number of nitrogens with zero attached hydrogens (tertiary/aromatic N) is 1. The van der Waals surface area contributed by atoms with Crippen molar-refractivity contribution in [2.24, 2.45) is 0 Å². The van der Waals surface area contributed by atoms with E-state index in [9.17, 15) is 9.50 Å². The number of nitrogens with two attached hydrogens (primary N) is 1. The summed E-state index contributed by atoms with van der Waals surface area (Å²) in [5.41, 5.74) is 4.52. The van der Waals surface area contributed by atoms with Crippen molar-refractivity contribution in [3.8, 4) is 0 Å². The summed E-state index contributed by atoms with van der Waals surface area (Å²) in [4.78, 5) is 3.86. The van der Waals surface area contributed by atoms with Gasteiger partial charge in [-0.05, 0) is 19.1 Å². The van der Waals surface area contributed by atoms with Gasteiger partial charge in [0.25, 0.3) is 0 Å². The Bertz CT molecular complexity index is 587. The van der Waals surface area contributed by atoms with E-state index >= 15 is 0 Å². The lowest BCUT2D eigenvalue weighted by atomic mass is 9.88. The summed E-state index contributed by atoms with van der Waals surface area (Å²) in [6.07, 6.45) is 1.37. The second kappa shape index (κ2) is 4.55. The second-order valence-corrected chi connectivity index (χ2v) is 4.57. The molecule has 1 aromatic heterocycles. The second-order valence-electron chi connectivity index (χ2n) is 4.14. The van der Waals surface area contributed by atoms with Crippen molar-refractivity contribution in [2.75, 3.05) is 5.73 Å². The minimum Gasteiger partial charge on any atom is -0.383 e. The summed E-state index contributed by atoms with van der Waals surface area (Å²) in [7, 11) is 0. The molecule has 0 amide bonds. The van der Waals surface area contributed by atoms with Crippen molar-refractivity contribution in [1.82, 2.24) is 4.98 Å². The van der Waals surface area contributed by atoms with Crippen LogP contribution in [0.5, 0.6) is 0 Å². The number of pyridine rings is 1. The molecule has 0 bridgehead atoms. The first kappa shape index (κ1) is 12.8. The number of aromatic nitrogens is 1. The van der Waals surface area contributed by atoms with Gasteiger partial charge in [0.15, 0.2) is 0 Å². The quantitative estimate of drug-likeness (QED) is 0.879. The molecule has 1 unspecified atom stereocenters. The van der Waals surface area contributed by atoms with Crippen LogP contribution in [0.15, 0.2) is 36.5 Å². The Kier molecular flexibility index (Phi) is 3.24. The molecule has 2 rings (SSSR count). The molecule has 1 aromatic carbocycles. The van der Waals surface area contributed by atoms with Crippen LogP contribution in [-0.4, -0.2) is 10.1 Å². The van der Waals surface area contributed by atoms with Gasteiger partial charge in [0.05, 0.1) is 5.02 Å². The van der Waals surface area contributed by atoms with Crippen LogP contribution in [-0.2, 0) is 5.60 Å². The van der Waals surface area contributed by atoms with Gasteiger partial charge in [0.2, 0.25) is 0 Å². The number of anilines is 1. The molecule has 3 nitrogen and oxygen atoms in total. The van der Waals surface area contributed by atoms with Crippen molar-refractivity contribution >= 4 is 17.4 Å². The molecule has 0 saturated heterocycles. The minimum atomic E-state index is -1.59. The molecule has 0 fully saturated rings. The number of rotatable bonds is 2. The number of nitrogen functional groups attached to an aromatic ring is 1.